The van der Waals surface area contributed by atoms with E-state index in [0.29, 0.717) is 26.4 Å². The highest BCUT2D eigenvalue weighted by Crippen LogP contribution is 2.29. The monoisotopic (exact) mass is 670 g/mol. The quantitative estimate of drug-likeness (QED) is 0.0753. The molecule has 10 heteroatoms. The van der Waals surface area contributed by atoms with Gasteiger partial charge in [-0.25, -0.2) is 0 Å². The molecular formula is C40H38N4O6. The SMILES string of the molecule is c1cc(-c2cc(-c3ccc(OCC4CO4)cc3)n[nH]2)ccc1OCCCCOc1ccc(-c2cc(-c3ccc(OCC4CO4)cc3)n[nH]2)cc1. The van der Waals surface area contributed by atoms with Crippen LogP contribution in [-0.4, -0.2) is 72.2 Å². The van der Waals surface area contributed by atoms with Gasteiger partial charge in [0.05, 0.1) is 49.2 Å². The maximum atomic E-state index is 5.98. The summed E-state index contributed by atoms with van der Waals surface area (Å²) in [4.78, 5) is 0. The molecule has 0 amide bonds. The van der Waals surface area contributed by atoms with Crippen LogP contribution >= 0.6 is 0 Å². The Labute approximate surface area is 290 Å². The predicted octanol–water partition coefficient (Wildman–Crippen LogP) is 7.59. The summed E-state index contributed by atoms with van der Waals surface area (Å²) >= 11 is 0. The van der Waals surface area contributed by atoms with Crippen LogP contribution in [0.4, 0.5) is 0 Å². The fraction of sp³-hybridized carbons (Fsp3) is 0.250. The van der Waals surface area contributed by atoms with Crippen LogP contribution in [0.15, 0.2) is 109 Å². The van der Waals surface area contributed by atoms with Crippen molar-refractivity contribution in [3.05, 3.63) is 109 Å². The summed E-state index contributed by atoms with van der Waals surface area (Å²) in [6.07, 6.45) is 2.26. The minimum absolute atomic E-state index is 0.241. The second-order valence-electron chi connectivity index (χ2n) is 12.4. The summed E-state index contributed by atoms with van der Waals surface area (Å²) in [5, 5.41) is 15.3. The van der Waals surface area contributed by atoms with Crippen molar-refractivity contribution in [1.29, 1.82) is 0 Å². The Morgan fingerprint density at radius 2 is 0.820 bits per heavy atom. The number of H-pyrrole nitrogens is 2. The van der Waals surface area contributed by atoms with Crippen molar-refractivity contribution in [1.82, 2.24) is 20.4 Å². The number of hydrogen-bond donors (Lipinski definition) is 2. The van der Waals surface area contributed by atoms with Crippen molar-refractivity contribution in [2.24, 2.45) is 0 Å². The summed E-state index contributed by atoms with van der Waals surface area (Å²) in [6.45, 7) is 4.01. The zero-order valence-corrected chi connectivity index (χ0v) is 27.5. The van der Waals surface area contributed by atoms with E-state index in [9.17, 15) is 0 Å². The van der Waals surface area contributed by atoms with Crippen LogP contribution in [0.1, 0.15) is 12.8 Å². The second kappa shape index (κ2) is 14.9. The van der Waals surface area contributed by atoms with Gasteiger partial charge in [0.15, 0.2) is 0 Å². The fourth-order valence-electron chi connectivity index (χ4n) is 5.43. The zero-order chi connectivity index (χ0) is 33.5. The summed E-state index contributed by atoms with van der Waals surface area (Å²) < 4.78 is 33.8. The number of unbranched alkanes of at least 4 members (excludes halogenated alkanes) is 1. The van der Waals surface area contributed by atoms with E-state index in [0.717, 1.165) is 94.1 Å². The van der Waals surface area contributed by atoms with Crippen molar-refractivity contribution in [3.63, 3.8) is 0 Å². The van der Waals surface area contributed by atoms with Gasteiger partial charge in [-0.05, 0) is 133 Å². The number of aromatic nitrogens is 4. The lowest BCUT2D eigenvalue weighted by Gasteiger charge is -2.09. The highest BCUT2D eigenvalue weighted by Gasteiger charge is 2.23. The summed E-state index contributed by atoms with van der Waals surface area (Å²) in [5.74, 6) is 3.34. The predicted molar refractivity (Wildman–Crippen MR) is 190 cm³/mol. The van der Waals surface area contributed by atoms with E-state index >= 15 is 0 Å². The Bertz CT molecular complexity index is 1820. The molecule has 254 valence electrons. The lowest BCUT2D eigenvalue weighted by atomic mass is 10.1. The van der Waals surface area contributed by atoms with E-state index in [4.69, 9.17) is 28.4 Å². The van der Waals surface area contributed by atoms with Crippen LogP contribution in [0.25, 0.3) is 45.0 Å². The van der Waals surface area contributed by atoms with Gasteiger partial charge in [0.2, 0.25) is 0 Å². The molecule has 2 saturated heterocycles. The molecule has 6 aromatic rings. The number of ether oxygens (including phenoxy) is 6. The van der Waals surface area contributed by atoms with Crippen molar-refractivity contribution in [2.75, 3.05) is 39.6 Å². The fourth-order valence-corrected chi connectivity index (χ4v) is 5.43. The molecule has 50 heavy (non-hydrogen) atoms. The third-order valence-electron chi connectivity index (χ3n) is 8.54. The Balaban J connectivity index is 0.741. The van der Waals surface area contributed by atoms with Crippen molar-refractivity contribution < 1.29 is 28.4 Å². The van der Waals surface area contributed by atoms with Gasteiger partial charge >= 0.3 is 0 Å². The van der Waals surface area contributed by atoms with Gasteiger partial charge in [0, 0.05) is 11.1 Å². The number of rotatable bonds is 17. The average Bonchev–Trinajstić information content (AvgIpc) is 4.08. The smallest absolute Gasteiger partial charge is 0.119 e. The number of nitrogens with zero attached hydrogens (tertiary/aromatic N) is 2. The topological polar surface area (TPSA) is 119 Å². The molecule has 4 aromatic carbocycles. The molecule has 0 bridgehead atoms. The number of aromatic amines is 2. The maximum Gasteiger partial charge on any atom is 0.119 e. The van der Waals surface area contributed by atoms with E-state index < -0.39 is 0 Å². The van der Waals surface area contributed by atoms with Crippen LogP contribution in [0, 0.1) is 0 Å². The molecule has 4 heterocycles. The Hall–Kier alpha value is -5.58. The minimum Gasteiger partial charge on any atom is -0.494 e. The van der Waals surface area contributed by atoms with Crippen LogP contribution in [-0.2, 0) is 9.47 Å². The van der Waals surface area contributed by atoms with Crippen LogP contribution < -0.4 is 18.9 Å². The van der Waals surface area contributed by atoms with Gasteiger partial charge in [-0.1, -0.05) is 0 Å². The molecule has 0 spiro atoms. The van der Waals surface area contributed by atoms with E-state index in [1.165, 1.54) is 0 Å². The first-order valence-electron chi connectivity index (χ1n) is 17.0. The molecule has 2 N–H and O–H groups in total. The molecule has 2 atom stereocenters. The van der Waals surface area contributed by atoms with Gasteiger partial charge in [0.1, 0.15) is 48.4 Å². The van der Waals surface area contributed by atoms with Gasteiger partial charge in [-0.3, -0.25) is 10.2 Å². The molecule has 2 fully saturated rings. The first kappa shape index (κ1) is 31.7. The average molecular weight is 671 g/mol. The highest BCUT2D eigenvalue weighted by atomic mass is 16.6. The highest BCUT2D eigenvalue weighted by molar-refractivity contribution is 5.70. The van der Waals surface area contributed by atoms with Crippen molar-refractivity contribution in [3.8, 4) is 68.0 Å². The summed E-state index contributed by atoms with van der Waals surface area (Å²) in [7, 11) is 0. The van der Waals surface area contributed by atoms with E-state index in [1.54, 1.807) is 0 Å². The Morgan fingerprint density at radius 3 is 1.18 bits per heavy atom. The van der Waals surface area contributed by atoms with Crippen LogP contribution in [0.5, 0.6) is 23.0 Å². The molecule has 0 saturated carbocycles. The molecule has 2 aliphatic heterocycles. The lowest BCUT2D eigenvalue weighted by Crippen LogP contribution is -2.03. The molecular weight excluding hydrogens is 632 g/mol. The number of nitrogens with one attached hydrogen (secondary N) is 2. The van der Waals surface area contributed by atoms with Crippen LogP contribution in [0.3, 0.4) is 0 Å². The zero-order valence-electron chi connectivity index (χ0n) is 27.5. The van der Waals surface area contributed by atoms with Gasteiger partial charge in [-0.15, -0.1) is 0 Å². The normalized spacial score (nSPS) is 16.2. The molecule has 0 radical (unpaired) electrons. The Morgan fingerprint density at radius 1 is 0.480 bits per heavy atom. The Kier molecular flexibility index (Phi) is 9.44. The summed E-state index contributed by atoms with van der Waals surface area (Å²) in [6, 6.07) is 36.1. The second-order valence-corrected chi connectivity index (χ2v) is 12.4. The van der Waals surface area contributed by atoms with Crippen molar-refractivity contribution >= 4 is 0 Å². The van der Waals surface area contributed by atoms with E-state index in [1.807, 2.05) is 97.1 Å². The lowest BCUT2D eigenvalue weighted by molar-refractivity contribution is 0.263. The molecule has 2 aromatic heterocycles. The largest absolute Gasteiger partial charge is 0.494 e. The first-order valence-corrected chi connectivity index (χ1v) is 17.0. The summed E-state index contributed by atoms with van der Waals surface area (Å²) in [5.41, 5.74) is 7.80. The van der Waals surface area contributed by atoms with Crippen LogP contribution in [0.2, 0.25) is 0 Å². The number of benzene rings is 4. The van der Waals surface area contributed by atoms with Gasteiger partial charge < -0.3 is 28.4 Å². The van der Waals surface area contributed by atoms with E-state index in [2.05, 4.69) is 32.5 Å². The first-order chi connectivity index (χ1) is 24.7. The van der Waals surface area contributed by atoms with Gasteiger partial charge in [-0.2, -0.15) is 10.2 Å². The molecule has 10 nitrogen and oxygen atoms in total. The third kappa shape index (κ3) is 8.34. The standard InChI is InChI=1S/C40H38N4O6/c1(19-45-31-11-3-27(4-12-31)37-21-39(43-41-37)29-7-15-33(16-8-29)47-23-35-25-49-35)2-20-46-32-13-5-28(6-14-32)38-22-40(44-42-38)30-9-17-34(18-10-30)48-24-36-26-50-36/h3-18,21-22,35-36H,1-2,19-20,23-26H2,(H,41,43)(H,42,44). The maximum absolute atomic E-state index is 5.98. The molecule has 2 unspecified atom stereocenters. The third-order valence-corrected chi connectivity index (χ3v) is 8.54. The van der Waals surface area contributed by atoms with E-state index in [-0.39, 0.29) is 12.2 Å². The number of hydrogen-bond acceptors (Lipinski definition) is 8. The molecule has 8 rings (SSSR count). The minimum atomic E-state index is 0.241. The molecule has 0 aliphatic carbocycles. The van der Waals surface area contributed by atoms with Gasteiger partial charge in [0.25, 0.3) is 0 Å². The number of epoxide rings is 2. The van der Waals surface area contributed by atoms with Crippen molar-refractivity contribution in [2.45, 2.75) is 25.0 Å². The molecule has 2 aliphatic rings.